The van der Waals surface area contributed by atoms with E-state index in [1.807, 2.05) is 6.42 Å². The molecule has 0 bridgehead atoms. The normalized spacial score (nSPS) is 42.0. The summed E-state index contributed by atoms with van der Waals surface area (Å²) in [6.07, 6.45) is 3.59. The molecule has 0 aromatic heterocycles. The molecule has 1 saturated carbocycles. The monoisotopic (exact) mass is 394 g/mol. The first-order valence-corrected chi connectivity index (χ1v) is 5.55. The minimum atomic E-state index is -1.01. The molecule has 1 saturated heterocycles. The number of hydrogen-bond acceptors (Lipinski definition) is 0. The van der Waals surface area contributed by atoms with Gasteiger partial charge in [-0.15, -0.1) is 13.0 Å². The molecule has 0 spiro atoms. The summed E-state index contributed by atoms with van der Waals surface area (Å²) in [5, 5.41) is 4.43. The zero-order chi connectivity index (χ0) is 9.97. The van der Waals surface area contributed by atoms with E-state index in [0.717, 1.165) is 25.8 Å². The van der Waals surface area contributed by atoms with Gasteiger partial charge in [0.2, 0.25) is 0 Å². The fourth-order valence-electron chi connectivity index (χ4n) is 2.48. The Morgan fingerprint density at radius 3 is 2.60 bits per heavy atom. The minimum Gasteiger partial charge on any atom is -0.661 e. The van der Waals surface area contributed by atoms with Crippen LogP contribution in [0.4, 0.5) is 8.78 Å². The molecule has 2 fully saturated rings. The van der Waals surface area contributed by atoms with Crippen LogP contribution >= 0.6 is 0 Å². The molecule has 0 amide bonds. The maximum Gasteiger partial charge on any atom is 0.0774 e. The van der Waals surface area contributed by atoms with Gasteiger partial charge in [0.25, 0.3) is 0 Å². The molecule has 0 N–H and O–H groups in total. The van der Waals surface area contributed by atoms with Crippen LogP contribution in [0.2, 0.25) is 0 Å². The summed E-state index contributed by atoms with van der Waals surface area (Å²) >= 11 is 0. The van der Waals surface area contributed by atoms with Crippen molar-refractivity contribution in [2.45, 2.75) is 50.5 Å². The first-order valence-electron chi connectivity index (χ1n) is 5.55. The average molecular weight is 393 g/mol. The SMILES string of the molecule is FC1C[CH-]C(C2CCCC[N-]2)C(F)C1.[Ir]. The number of hydrogen-bond donors (Lipinski definition) is 0. The number of rotatable bonds is 1. The standard InChI is InChI=1S/C11H17F2N.Ir/c12-8-4-5-9(10(13)7-8)11-3-1-2-6-14-11;/h5,8-11H,1-4,6-7H2;/q-2;. The number of alkyl halides is 2. The summed E-state index contributed by atoms with van der Waals surface area (Å²) in [5.74, 6) is -0.109. The molecule has 1 nitrogen and oxygen atoms in total. The summed E-state index contributed by atoms with van der Waals surface area (Å²) < 4.78 is 26.4. The second-order valence-electron chi connectivity index (χ2n) is 4.37. The topological polar surface area (TPSA) is 14.1 Å². The van der Waals surface area contributed by atoms with Crippen LogP contribution in [0, 0.1) is 12.3 Å². The third kappa shape index (κ3) is 3.47. The van der Waals surface area contributed by atoms with Crippen molar-refractivity contribution < 1.29 is 28.9 Å². The van der Waals surface area contributed by atoms with E-state index < -0.39 is 12.3 Å². The molecular weight excluding hydrogens is 376 g/mol. The van der Waals surface area contributed by atoms with E-state index in [2.05, 4.69) is 5.32 Å². The number of nitrogens with zero attached hydrogens (tertiary/aromatic N) is 1. The van der Waals surface area contributed by atoms with Crippen molar-refractivity contribution in [2.75, 3.05) is 6.54 Å². The van der Waals surface area contributed by atoms with E-state index in [0.29, 0.717) is 6.42 Å². The second-order valence-corrected chi connectivity index (χ2v) is 4.37. The van der Waals surface area contributed by atoms with Crippen LogP contribution in [-0.2, 0) is 20.1 Å². The van der Waals surface area contributed by atoms with Crippen LogP contribution in [0.5, 0.6) is 0 Å². The van der Waals surface area contributed by atoms with Gasteiger partial charge in [0.05, 0.1) is 12.3 Å². The summed E-state index contributed by atoms with van der Waals surface area (Å²) in [5.41, 5.74) is 0. The Kier molecular flexibility index (Phi) is 5.65. The zero-order valence-electron chi connectivity index (χ0n) is 8.67. The molecular formula is C11H17F2IrN-2. The Balaban J connectivity index is 0.00000112. The molecule has 4 unspecified atom stereocenters. The van der Waals surface area contributed by atoms with Gasteiger partial charge in [-0.25, -0.2) is 4.39 Å². The molecule has 1 aliphatic carbocycles. The van der Waals surface area contributed by atoms with Crippen molar-refractivity contribution >= 4 is 0 Å². The molecule has 1 heterocycles. The van der Waals surface area contributed by atoms with Crippen molar-refractivity contribution in [3.63, 3.8) is 0 Å². The van der Waals surface area contributed by atoms with E-state index >= 15 is 0 Å². The summed E-state index contributed by atoms with van der Waals surface area (Å²) in [6, 6.07) is 0.131. The third-order valence-corrected chi connectivity index (χ3v) is 3.28. The average Bonchev–Trinajstić information content (AvgIpc) is 2.19. The van der Waals surface area contributed by atoms with Crippen LogP contribution in [0.25, 0.3) is 5.32 Å². The van der Waals surface area contributed by atoms with Crippen LogP contribution in [0.3, 0.4) is 0 Å². The van der Waals surface area contributed by atoms with Crippen LogP contribution < -0.4 is 0 Å². The molecule has 1 aliphatic heterocycles. The fourth-order valence-corrected chi connectivity index (χ4v) is 2.48. The van der Waals surface area contributed by atoms with E-state index in [-0.39, 0.29) is 38.5 Å². The quantitative estimate of drug-likeness (QED) is 0.608. The summed E-state index contributed by atoms with van der Waals surface area (Å²) in [6.45, 7) is 0.862. The van der Waals surface area contributed by atoms with E-state index in [9.17, 15) is 8.78 Å². The molecule has 0 aromatic carbocycles. The Bertz CT molecular complexity index is 185. The predicted molar refractivity (Wildman–Crippen MR) is 52.7 cm³/mol. The van der Waals surface area contributed by atoms with Crippen molar-refractivity contribution in [3.05, 3.63) is 11.7 Å². The van der Waals surface area contributed by atoms with Gasteiger partial charge in [0, 0.05) is 26.5 Å². The van der Waals surface area contributed by atoms with E-state index in [1.165, 1.54) is 0 Å². The molecule has 0 aromatic rings. The molecule has 1 radical (unpaired) electrons. The fraction of sp³-hybridized carbons (Fsp3) is 0.909. The van der Waals surface area contributed by atoms with Crippen molar-refractivity contribution in [3.8, 4) is 0 Å². The van der Waals surface area contributed by atoms with E-state index in [1.54, 1.807) is 0 Å². The molecule has 91 valence electrons. The second kappa shape index (κ2) is 6.27. The first-order chi connectivity index (χ1) is 6.77. The maximum atomic E-state index is 13.6. The third-order valence-electron chi connectivity index (χ3n) is 3.28. The number of piperidine rings is 1. The Morgan fingerprint density at radius 1 is 1.20 bits per heavy atom. The molecule has 15 heavy (non-hydrogen) atoms. The van der Waals surface area contributed by atoms with Crippen LogP contribution in [0.1, 0.15) is 32.1 Å². The summed E-state index contributed by atoms with van der Waals surface area (Å²) in [4.78, 5) is 0. The largest absolute Gasteiger partial charge is 0.661 e. The van der Waals surface area contributed by atoms with E-state index in [4.69, 9.17) is 0 Å². The molecule has 2 aliphatic rings. The van der Waals surface area contributed by atoms with Gasteiger partial charge in [-0.2, -0.15) is 12.0 Å². The van der Waals surface area contributed by atoms with Gasteiger partial charge in [-0.1, -0.05) is 19.3 Å². The van der Waals surface area contributed by atoms with Gasteiger partial charge < -0.3 is 11.7 Å². The van der Waals surface area contributed by atoms with Gasteiger partial charge in [0.15, 0.2) is 0 Å². The Hall–Kier alpha value is 0.469. The zero-order valence-corrected chi connectivity index (χ0v) is 11.1. The van der Waals surface area contributed by atoms with Crippen LogP contribution in [0.15, 0.2) is 0 Å². The molecule has 2 rings (SSSR count). The summed E-state index contributed by atoms with van der Waals surface area (Å²) in [7, 11) is 0. The Morgan fingerprint density at radius 2 is 2.00 bits per heavy atom. The van der Waals surface area contributed by atoms with Crippen molar-refractivity contribution in [1.29, 1.82) is 0 Å². The van der Waals surface area contributed by atoms with Crippen molar-refractivity contribution in [2.24, 2.45) is 5.92 Å². The van der Waals surface area contributed by atoms with Gasteiger partial charge in [-0.05, 0) is 0 Å². The van der Waals surface area contributed by atoms with Crippen molar-refractivity contribution in [1.82, 2.24) is 0 Å². The van der Waals surface area contributed by atoms with Gasteiger partial charge in [0.1, 0.15) is 0 Å². The predicted octanol–water partition coefficient (Wildman–Crippen LogP) is 3.20. The molecule has 4 atom stereocenters. The van der Waals surface area contributed by atoms with Gasteiger partial charge >= 0.3 is 0 Å². The smallest absolute Gasteiger partial charge is 0.0774 e. The maximum absolute atomic E-state index is 13.6. The van der Waals surface area contributed by atoms with Gasteiger partial charge in [-0.3, -0.25) is 4.39 Å². The minimum absolute atomic E-state index is 0. The Labute approximate surface area is 104 Å². The van der Waals surface area contributed by atoms with Crippen LogP contribution in [-0.4, -0.2) is 24.9 Å². The first kappa shape index (κ1) is 13.5. The number of halogens is 2. The molecule has 4 heteroatoms.